The van der Waals surface area contributed by atoms with Gasteiger partial charge < -0.3 is 0 Å². The normalized spacial score (nSPS) is 17.4. The monoisotopic (exact) mass is 434 g/mol. The molecule has 0 spiro atoms. The average Bonchev–Trinajstić information content (AvgIpc) is 3.08. The van der Waals surface area contributed by atoms with Gasteiger partial charge in [0.05, 0.1) is 11.5 Å². The Morgan fingerprint density at radius 1 is 0.931 bits per heavy atom. The van der Waals surface area contributed by atoms with E-state index < -0.39 is 25.3 Å². The maximum absolute atomic E-state index is 12.2. The molecule has 1 atom stereocenters. The van der Waals surface area contributed by atoms with Gasteiger partial charge in [-0.05, 0) is 61.1 Å². The molecule has 156 valence electrons. The van der Waals surface area contributed by atoms with Crippen LogP contribution in [0.25, 0.3) is 16.7 Å². The maximum atomic E-state index is 12.2. The molecule has 8 heteroatoms. The number of sulfonamides is 2. The van der Waals surface area contributed by atoms with Crippen molar-refractivity contribution in [2.75, 3.05) is 11.0 Å². The summed E-state index contributed by atoms with van der Waals surface area (Å²) in [6.07, 6.45) is 4.79. The van der Waals surface area contributed by atoms with Crippen LogP contribution < -0.4 is 9.44 Å². The molecule has 1 unspecified atom stereocenters. The smallest absolute Gasteiger partial charge is 0.229 e. The van der Waals surface area contributed by atoms with E-state index in [1.807, 2.05) is 30.3 Å². The van der Waals surface area contributed by atoms with E-state index in [4.69, 9.17) is 0 Å². The Kier molecular flexibility index (Phi) is 6.16. The number of allylic oxidation sites excluding steroid dienone is 1. The van der Waals surface area contributed by atoms with Gasteiger partial charge in [-0.3, -0.25) is 4.72 Å². The van der Waals surface area contributed by atoms with Gasteiger partial charge in [0.25, 0.3) is 0 Å². The van der Waals surface area contributed by atoms with Gasteiger partial charge in [-0.1, -0.05) is 42.5 Å². The van der Waals surface area contributed by atoms with E-state index in [0.29, 0.717) is 5.69 Å². The van der Waals surface area contributed by atoms with Gasteiger partial charge in [0.15, 0.2) is 0 Å². The molecule has 0 fully saturated rings. The Morgan fingerprint density at radius 2 is 1.59 bits per heavy atom. The third kappa shape index (κ3) is 5.46. The molecule has 29 heavy (non-hydrogen) atoms. The number of anilines is 1. The van der Waals surface area contributed by atoms with Crippen LogP contribution in [0, 0.1) is 0 Å². The second-order valence-electron chi connectivity index (χ2n) is 7.53. The third-order valence-corrected chi connectivity index (χ3v) is 7.30. The molecule has 6 nitrogen and oxygen atoms in total. The van der Waals surface area contributed by atoms with Crippen LogP contribution in [0.3, 0.4) is 0 Å². The predicted molar refractivity (Wildman–Crippen MR) is 119 cm³/mol. The zero-order valence-corrected chi connectivity index (χ0v) is 18.3. The minimum atomic E-state index is -3.34. The Labute approximate surface area is 173 Å². The lowest BCUT2D eigenvalue weighted by Crippen LogP contribution is -2.38. The van der Waals surface area contributed by atoms with E-state index in [2.05, 4.69) is 15.5 Å². The van der Waals surface area contributed by atoms with Crippen molar-refractivity contribution in [3.8, 4) is 11.1 Å². The zero-order chi connectivity index (χ0) is 21.2. The second-order valence-corrected chi connectivity index (χ2v) is 11.6. The third-order valence-electron chi connectivity index (χ3n) is 4.84. The molecule has 0 aliphatic heterocycles. The minimum Gasteiger partial charge on any atom is -0.284 e. The molecule has 2 aromatic rings. The van der Waals surface area contributed by atoms with Crippen LogP contribution in [0.2, 0.25) is 0 Å². The molecular formula is C21H26N2O4S2. The van der Waals surface area contributed by atoms with E-state index in [-0.39, 0.29) is 6.04 Å². The molecule has 1 aliphatic carbocycles. The lowest BCUT2D eigenvalue weighted by atomic mass is 9.98. The van der Waals surface area contributed by atoms with Crippen molar-refractivity contribution in [1.82, 2.24) is 4.72 Å². The van der Waals surface area contributed by atoms with Crippen molar-refractivity contribution in [2.45, 2.75) is 38.0 Å². The highest BCUT2D eigenvalue weighted by atomic mass is 32.2. The summed E-state index contributed by atoms with van der Waals surface area (Å²) in [5.41, 5.74) is 4.32. The predicted octanol–water partition coefficient (Wildman–Crippen LogP) is 3.60. The second kappa shape index (κ2) is 8.30. The van der Waals surface area contributed by atoms with Crippen LogP contribution >= 0.6 is 0 Å². The summed E-state index contributed by atoms with van der Waals surface area (Å²) < 4.78 is 52.7. The Hall–Kier alpha value is -2.16. The lowest BCUT2D eigenvalue weighted by Gasteiger charge is -2.19. The topological polar surface area (TPSA) is 92.3 Å². The summed E-state index contributed by atoms with van der Waals surface area (Å²) in [6, 6.07) is 14.8. The molecule has 0 amide bonds. The van der Waals surface area contributed by atoms with Crippen molar-refractivity contribution < 1.29 is 16.8 Å². The highest BCUT2D eigenvalue weighted by molar-refractivity contribution is 7.92. The van der Waals surface area contributed by atoms with E-state index in [0.717, 1.165) is 41.4 Å². The van der Waals surface area contributed by atoms with Crippen LogP contribution in [0.1, 0.15) is 32.3 Å². The number of rotatable bonds is 7. The standard InChI is InChI=1S/C21H26N2O4S2/c1-15(2)29(26,27)23-21-9-5-8-20(21)17-12-10-16(11-13-17)18-6-4-7-19(14-18)22-28(3,24)25/h4,6-8,10-15,21-23H,5,9H2,1-3H3. The van der Waals surface area contributed by atoms with Crippen LogP contribution in [0.5, 0.6) is 0 Å². The van der Waals surface area contributed by atoms with Crippen LogP contribution in [-0.2, 0) is 20.0 Å². The van der Waals surface area contributed by atoms with Gasteiger partial charge in [0.2, 0.25) is 20.0 Å². The van der Waals surface area contributed by atoms with Crippen LogP contribution in [-0.4, -0.2) is 34.4 Å². The highest BCUT2D eigenvalue weighted by Crippen LogP contribution is 2.31. The summed E-state index contributed by atoms with van der Waals surface area (Å²) >= 11 is 0. The fourth-order valence-corrected chi connectivity index (χ4v) is 4.78. The van der Waals surface area contributed by atoms with Gasteiger partial charge in [0, 0.05) is 11.7 Å². The maximum Gasteiger partial charge on any atom is 0.229 e. The molecular weight excluding hydrogens is 408 g/mol. The van der Waals surface area contributed by atoms with Crippen molar-refractivity contribution in [3.05, 3.63) is 60.2 Å². The van der Waals surface area contributed by atoms with Gasteiger partial charge >= 0.3 is 0 Å². The Balaban J connectivity index is 1.81. The number of hydrogen-bond donors (Lipinski definition) is 2. The quantitative estimate of drug-likeness (QED) is 0.696. The van der Waals surface area contributed by atoms with Gasteiger partial charge in [-0.2, -0.15) is 0 Å². The lowest BCUT2D eigenvalue weighted by molar-refractivity contribution is 0.561. The Morgan fingerprint density at radius 3 is 2.21 bits per heavy atom. The average molecular weight is 435 g/mol. The van der Waals surface area contributed by atoms with Gasteiger partial charge in [0.1, 0.15) is 0 Å². The SMILES string of the molecule is CC(C)S(=O)(=O)NC1CCC=C1c1ccc(-c2cccc(NS(C)(=O)=O)c2)cc1. The van der Waals surface area contributed by atoms with E-state index in [1.54, 1.807) is 32.0 Å². The van der Waals surface area contributed by atoms with Crippen LogP contribution in [0.4, 0.5) is 5.69 Å². The summed E-state index contributed by atoms with van der Waals surface area (Å²) in [5, 5.41) is -0.473. The largest absolute Gasteiger partial charge is 0.284 e. The van der Waals surface area contributed by atoms with E-state index >= 15 is 0 Å². The zero-order valence-electron chi connectivity index (χ0n) is 16.7. The molecule has 1 aliphatic rings. The number of nitrogens with one attached hydrogen (secondary N) is 2. The molecule has 0 saturated carbocycles. The molecule has 0 bridgehead atoms. The Bertz CT molecular complexity index is 1120. The molecule has 0 radical (unpaired) electrons. The summed E-state index contributed by atoms with van der Waals surface area (Å²) in [6.45, 7) is 3.34. The summed E-state index contributed by atoms with van der Waals surface area (Å²) in [7, 11) is -6.68. The highest BCUT2D eigenvalue weighted by Gasteiger charge is 2.27. The number of benzene rings is 2. The van der Waals surface area contributed by atoms with Crippen molar-refractivity contribution >= 4 is 31.3 Å². The molecule has 2 aromatic carbocycles. The van der Waals surface area contributed by atoms with E-state index in [9.17, 15) is 16.8 Å². The fraction of sp³-hybridized carbons (Fsp3) is 0.333. The molecule has 0 heterocycles. The minimum absolute atomic E-state index is 0.212. The van der Waals surface area contributed by atoms with Gasteiger partial charge in [-0.25, -0.2) is 21.6 Å². The molecule has 0 aromatic heterocycles. The van der Waals surface area contributed by atoms with Crippen molar-refractivity contribution in [1.29, 1.82) is 0 Å². The number of hydrogen-bond acceptors (Lipinski definition) is 4. The van der Waals surface area contributed by atoms with Crippen LogP contribution in [0.15, 0.2) is 54.6 Å². The van der Waals surface area contributed by atoms with Gasteiger partial charge in [-0.15, -0.1) is 0 Å². The van der Waals surface area contributed by atoms with Crippen molar-refractivity contribution in [3.63, 3.8) is 0 Å². The fourth-order valence-electron chi connectivity index (χ4n) is 3.31. The molecule has 3 rings (SSSR count). The molecule has 0 saturated heterocycles. The van der Waals surface area contributed by atoms with E-state index in [1.165, 1.54) is 0 Å². The summed E-state index contributed by atoms with van der Waals surface area (Å²) in [4.78, 5) is 0. The summed E-state index contributed by atoms with van der Waals surface area (Å²) in [5.74, 6) is 0. The first-order chi connectivity index (χ1) is 13.5. The first kappa shape index (κ1) is 21.5. The van der Waals surface area contributed by atoms with Crippen molar-refractivity contribution in [2.24, 2.45) is 0 Å². The molecule has 2 N–H and O–H groups in total. The first-order valence-electron chi connectivity index (χ1n) is 9.45. The first-order valence-corrected chi connectivity index (χ1v) is 12.9.